The molecule has 0 saturated heterocycles. The molecular weight excluding hydrogens is 280 g/mol. The van der Waals surface area contributed by atoms with Crippen molar-refractivity contribution < 1.29 is 14.3 Å². The monoisotopic (exact) mass is 304 g/mol. The van der Waals surface area contributed by atoms with E-state index in [-0.39, 0.29) is 23.9 Å². The van der Waals surface area contributed by atoms with E-state index in [1.807, 2.05) is 20.8 Å². The zero-order chi connectivity index (χ0) is 15.3. The zero-order valence-electron chi connectivity index (χ0n) is 12.7. The Morgan fingerprint density at radius 3 is 2.45 bits per heavy atom. The first kappa shape index (κ1) is 17.1. The lowest BCUT2D eigenvalue weighted by Gasteiger charge is -2.38. The predicted octanol–water partition coefficient (Wildman–Crippen LogP) is 2.52. The largest absolute Gasteiger partial charge is 0.444 e. The van der Waals surface area contributed by atoms with Gasteiger partial charge in [0.05, 0.1) is 12.1 Å². The van der Waals surface area contributed by atoms with Crippen LogP contribution in [0.25, 0.3) is 0 Å². The van der Waals surface area contributed by atoms with Crippen molar-refractivity contribution in [2.45, 2.75) is 64.1 Å². The molecule has 5 nitrogen and oxygen atoms in total. The Morgan fingerprint density at radius 1 is 1.30 bits per heavy atom. The first-order chi connectivity index (χ1) is 9.24. The molecule has 1 fully saturated rings. The molecule has 0 spiro atoms. The van der Waals surface area contributed by atoms with Crippen molar-refractivity contribution >= 4 is 23.6 Å². The van der Waals surface area contributed by atoms with Gasteiger partial charge in [-0.1, -0.05) is 12.8 Å². The summed E-state index contributed by atoms with van der Waals surface area (Å²) in [7, 11) is 1.74. The molecule has 1 rings (SSSR count). The Hall–Kier alpha value is -0.970. The van der Waals surface area contributed by atoms with Gasteiger partial charge in [-0.2, -0.15) is 0 Å². The van der Waals surface area contributed by atoms with Crippen LogP contribution < -0.4 is 5.32 Å². The van der Waals surface area contributed by atoms with E-state index in [2.05, 4.69) is 5.32 Å². The first-order valence-electron chi connectivity index (χ1n) is 7.05. The van der Waals surface area contributed by atoms with Crippen molar-refractivity contribution in [3.05, 3.63) is 0 Å². The van der Waals surface area contributed by atoms with Crippen LogP contribution in [0.4, 0.5) is 4.79 Å². The maximum Gasteiger partial charge on any atom is 0.407 e. The van der Waals surface area contributed by atoms with Crippen LogP contribution in [0.3, 0.4) is 0 Å². The smallest absolute Gasteiger partial charge is 0.407 e. The van der Waals surface area contributed by atoms with E-state index >= 15 is 0 Å². The number of amides is 2. The summed E-state index contributed by atoms with van der Waals surface area (Å²) < 4.78 is 5.28. The van der Waals surface area contributed by atoms with Gasteiger partial charge < -0.3 is 15.0 Å². The van der Waals surface area contributed by atoms with Gasteiger partial charge >= 0.3 is 6.09 Å². The Morgan fingerprint density at radius 2 is 1.90 bits per heavy atom. The summed E-state index contributed by atoms with van der Waals surface area (Å²) in [6, 6.07) is -0.0849. The molecule has 0 aromatic rings. The molecule has 1 N–H and O–H groups in total. The van der Waals surface area contributed by atoms with E-state index in [1.165, 1.54) is 0 Å². The molecule has 2 atom stereocenters. The number of carbonyl (C=O) groups excluding carboxylic acids is 2. The Balaban J connectivity index is 2.65. The van der Waals surface area contributed by atoms with Gasteiger partial charge in [0.15, 0.2) is 0 Å². The van der Waals surface area contributed by atoms with Crippen molar-refractivity contribution in [2.75, 3.05) is 12.9 Å². The molecule has 1 aliphatic carbocycles. The third kappa shape index (κ3) is 5.19. The topological polar surface area (TPSA) is 58.6 Å². The summed E-state index contributed by atoms with van der Waals surface area (Å²) >= 11 is 5.60. The number of alkyl carbamates (subject to hydrolysis) is 1. The van der Waals surface area contributed by atoms with Crippen molar-refractivity contribution in [3.63, 3.8) is 0 Å². The molecule has 0 aromatic carbocycles. The van der Waals surface area contributed by atoms with E-state index in [1.54, 1.807) is 11.9 Å². The number of alkyl halides is 1. The van der Waals surface area contributed by atoms with Crippen LogP contribution in [0.15, 0.2) is 0 Å². The van der Waals surface area contributed by atoms with E-state index in [9.17, 15) is 9.59 Å². The van der Waals surface area contributed by atoms with Gasteiger partial charge in [0.25, 0.3) is 0 Å². The zero-order valence-corrected chi connectivity index (χ0v) is 13.5. The van der Waals surface area contributed by atoms with Crippen LogP contribution in [0, 0.1) is 0 Å². The lowest BCUT2D eigenvalue weighted by molar-refractivity contribution is -0.130. The highest BCUT2D eigenvalue weighted by Crippen LogP contribution is 2.23. The van der Waals surface area contributed by atoms with Crippen LogP contribution in [0.5, 0.6) is 0 Å². The SMILES string of the molecule is CN(C(=O)CCl)[C@H]1CCCC[C@@H]1NC(=O)OC(C)(C)C. The molecule has 0 aliphatic heterocycles. The highest BCUT2D eigenvalue weighted by Gasteiger charge is 2.32. The number of nitrogens with one attached hydrogen (secondary N) is 1. The van der Waals surface area contributed by atoms with E-state index in [4.69, 9.17) is 16.3 Å². The van der Waals surface area contributed by atoms with Gasteiger partial charge in [-0.05, 0) is 33.6 Å². The minimum absolute atomic E-state index is 0.0116. The van der Waals surface area contributed by atoms with Crippen LogP contribution in [-0.2, 0) is 9.53 Å². The van der Waals surface area contributed by atoms with Crippen LogP contribution in [0.2, 0.25) is 0 Å². The average Bonchev–Trinajstić information content (AvgIpc) is 2.35. The highest BCUT2D eigenvalue weighted by molar-refractivity contribution is 6.27. The number of likely N-dealkylation sites (N-methyl/N-ethyl adjacent to an activating group) is 1. The summed E-state index contributed by atoms with van der Waals surface area (Å²) in [6.07, 6.45) is 3.39. The fourth-order valence-corrected chi connectivity index (χ4v) is 2.67. The minimum atomic E-state index is -0.522. The average molecular weight is 305 g/mol. The van der Waals surface area contributed by atoms with Gasteiger partial charge in [0.1, 0.15) is 11.5 Å². The van der Waals surface area contributed by atoms with Gasteiger partial charge in [-0.25, -0.2) is 4.79 Å². The number of rotatable bonds is 3. The molecule has 116 valence electrons. The van der Waals surface area contributed by atoms with Crippen LogP contribution in [0.1, 0.15) is 46.5 Å². The molecule has 0 heterocycles. The second-order valence-electron chi connectivity index (χ2n) is 6.24. The molecule has 1 aliphatic rings. The summed E-state index contributed by atoms with van der Waals surface area (Å²) in [6.45, 7) is 5.48. The normalized spacial score (nSPS) is 23.1. The Bertz CT molecular complexity index is 355. The number of carbonyl (C=O) groups is 2. The second kappa shape index (κ2) is 7.16. The predicted molar refractivity (Wildman–Crippen MR) is 78.9 cm³/mol. The fraction of sp³-hybridized carbons (Fsp3) is 0.857. The Labute approximate surface area is 126 Å². The fourth-order valence-electron chi connectivity index (χ4n) is 2.48. The molecule has 1 saturated carbocycles. The van der Waals surface area contributed by atoms with Crippen molar-refractivity contribution in [3.8, 4) is 0 Å². The summed E-state index contributed by atoms with van der Waals surface area (Å²) in [5.74, 6) is -0.152. The quantitative estimate of drug-likeness (QED) is 0.815. The van der Waals surface area contributed by atoms with Gasteiger partial charge in [0.2, 0.25) is 5.91 Å². The van der Waals surface area contributed by atoms with Gasteiger partial charge in [-0.3, -0.25) is 4.79 Å². The van der Waals surface area contributed by atoms with E-state index in [0.717, 1.165) is 25.7 Å². The molecular formula is C14H25ClN2O3. The number of hydrogen-bond acceptors (Lipinski definition) is 3. The Kier molecular flexibility index (Phi) is 6.11. The molecule has 6 heteroatoms. The number of halogens is 1. The first-order valence-corrected chi connectivity index (χ1v) is 7.59. The maximum atomic E-state index is 11.9. The lowest BCUT2D eigenvalue weighted by atomic mass is 9.89. The van der Waals surface area contributed by atoms with Crippen molar-refractivity contribution in [1.29, 1.82) is 0 Å². The highest BCUT2D eigenvalue weighted by atomic mass is 35.5. The molecule has 0 aromatic heterocycles. The summed E-state index contributed by atoms with van der Waals surface area (Å²) in [5, 5.41) is 2.89. The number of ether oxygens (including phenoxy) is 1. The molecule has 0 unspecified atom stereocenters. The van der Waals surface area contributed by atoms with Crippen LogP contribution >= 0.6 is 11.6 Å². The summed E-state index contributed by atoms with van der Waals surface area (Å²) in [4.78, 5) is 25.2. The van der Waals surface area contributed by atoms with Crippen molar-refractivity contribution in [1.82, 2.24) is 10.2 Å². The number of nitrogens with zero attached hydrogens (tertiary/aromatic N) is 1. The van der Waals surface area contributed by atoms with E-state index < -0.39 is 11.7 Å². The summed E-state index contributed by atoms with van der Waals surface area (Å²) in [5.41, 5.74) is -0.522. The molecule has 0 radical (unpaired) electrons. The minimum Gasteiger partial charge on any atom is -0.444 e. The standard InChI is InChI=1S/C14H25ClN2O3/c1-14(2,3)20-13(19)16-10-7-5-6-8-11(10)17(4)12(18)9-15/h10-11H,5-9H2,1-4H3,(H,16,19)/t10-,11-/m0/s1. The molecule has 20 heavy (non-hydrogen) atoms. The molecule has 0 bridgehead atoms. The van der Waals surface area contributed by atoms with E-state index in [0.29, 0.717) is 0 Å². The van der Waals surface area contributed by atoms with Crippen molar-refractivity contribution in [2.24, 2.45) is 0 Å². The second-order valence-corrected chi connectivity index (χ2v) is 6.51. The number of hydrogen-bond donors (Lipinski definition) is 1. The maximum absolute atomic E-state index is 11.9. The third-order valence-corrected chi connectivity index (χ3v) is 3.67. The van der Waals surface area contributed by atoms with Crippen LogP contribution in [-0.4, -0.2) is 47.5 Å². The third-order valence-electron chi connectivity index (χ3n) is 3.44. The van der Waals surface area contributed by atoms with Gasteiger partial charge in [-0.15, -0.1) is 11.6 Å². The molecule has 2 amide bonds. The van der Waals surface area contributed by atoms with Gasteiger partial charge in [0, 0.05) is 7.05 Å². The lowest BCUT2D eigenvalue weighted by Crippen LogP contribution is -2.54.